The second-order valence-electron chi connectivity index (χ2n) is 3.41. The molecule has 2 rings (SSSR count). The lowest BCUT2D eigenvalue weighted by Crippen LogP contribution is -2.08. The van der Waals surface area contributed by atoms with Crippen molar-refractivity contribution in [2.24, 2.45) is 5.73 Å². The van der Waals surface area contributed by atoms with Gasteiger partial charge in [0.15, 0.2) is 0 Å². The summed E-state index contributed by atoms with van der Waals surface area (Å²) >= 11 is 0. The molecule has 0 aliphatic heterocycles. The summed E-state index contributed by atoms with van der Waals surface area (Å²) in [4.78, 5) is 28.4. The maximum atomic E-state index is 11.4. The number of aromatic amines is 1. The number of fused-ring (bicyclic) bond motifs is 1. The van der Waals surface area contributed by atoms with E-state index in [1.54, 1.807) is 18.2 Å². The lowest BCUT2D eigenvalue weighted by molar-refractivity contribution is -0.117. The van der Waals surface area contributed by atoms with Crippen molar-refractivity contribution in [3.8, 4) is 11.8 Å². The maximum Gasteiger partial charge on any atom is 0.258 e. The van der Waals surface area contributed by atoms with Gasteiger partial charge in [-0.2, -0.15) is 0 Å². The molecule has 0 aliphatic carbocycles. The lowest BCUT2D eigenvalue weighted by atomic mass is 10.1. The van der Waals surface area contributed by atoms with Crippen molar-refractivity contribution in [2.45, 2.75) is 6.42 Å². The third-order valence-corrected chi connectivity index (χ3v) is 2.14. The Balaban J connectivity index is 2.41. The molecule has 0 unspecified atom stereocenters. The molecule has 1 aromatic heterocycles. The van der Waals surface area contributed by atoms with Crippen LogP contribution in [-0.4, -0.2) is 15.9 Å². The molecule has 1 aromatic carbocycles. The highest BCUT2D eigenvalue weighted by Crippen LogP contribution is 2.08. The molecule has 0 radical (unpaired) electrons. The Morgan fingerprint density at radius 2 is 2.29 bits per heavy atom. The number of carbonyl (C=O) groups excluding carboxylic acids is 1. The predicted octanol–water partition coefficient (Wildman–Crippen LogP) is 0.150. The molecule has 1 amide bonds. The zero-order valence-corrected chi connectivity index (χ0v) is 8.86. The number of aromatic nitrogens is 2. The van der Waals surface area contributed by atoms with Crippen LogP contribution in [0.1, 0.15) is 12.0 Å². The van der Waals surface area contributed by atoms with Crippen LogP contribution in [-0.2, 0) is 4.79 Å². The summed E-state index contributed by atoms with van der Waals surface area (Å²) in [6.45, 7) is 0. The Hall–Kier alpha value is -2.61. The number of hydrogen-bond acceptors (Lipinski definition) is 3. The van der Waals surface area contributed by atoms with E-state index in [9.17, 15) is 9.59 Å². The molecule has 2 aromatic rings. The first-order valence-corrected chi connectivity index (χ1v) is 4.91. The molecular formula is C12H9N3O2. The third-order valence-electron chi connectivity index (χ3n) is 2.14. The van der Waals surface area contributed by atoms with Gasteiger partial charge in [-0.25, -0.2) is 4.98 Å². The molecule has 0 bridgehead atoms. The number of carbonyl (C=O) groups is 1. The number of hydrogen-bond donors (Lipinski definition) is 2. The van der Waals surface area contributed by atoms with E-state index in [0.29, 0.717) is 16.5 Å². The quantitative estimate of drug-likeness (QED) is 0.679. The lowest BCUT2D eigenvalue weighted by Gasteiger charge is -1.95. The monoisotopic (exact) mass is 227 g/mol. The Kier molecular flexibility index (Phi) is 2.88. The molecule has 5 nitrogen and oxygen atoms in total. The van der Waals surface area contributed by atoms with E-state index in [1.807, 2.05) is 0 Å². The first kappa shape index (κ1) is 10.9. The van der Waals surface area contributed by atoms with Crippen molar-refractivity contribution in [1.82, 2.24) is 9.97 Å². The van der Waals surface area contributed by atoms with Crippen LogP contribution in [0.4, 0.5) is 0 Å². The highest BCUT2D eigenvalue weighted by molar-refractivity contribution is 5.79. The zero-order valence-electron chi connectivity index (χ0n) is 8.86. The smallest absolute Gasteiger partial charge is 0.258 e. The summed E-state index contributed by atoms with van der Waals surface area (Å²) in [5, 5.41) is 0.507. The fourth-order valence-corrected chi connectivity index (χ4v) is 1.38. The molecule has 17 heavy (non-hydrogen) atoms. The molecule has 1 heterocycles. The largest absolute Gasteiger partial charge is 0.369 e. The number of benzene rings is 1. The van der Waals surface area contributed by atoms with Gasteiger partial charge in [-0.1, -0.05) is 11.8 Å². The molecule has 3 N–H and O–H groups in total. The molecule has 0 saturated carbocycles. The van der Waals surface area contributed by atoms with Crippen LogP contribution in [0, 0.1) is 11.8 Å². The SMILES string of the molecule is NC(=O)CC#Cc1ccc2c(=O)[nH]cnc2c1. The third kappa shape index (κ3) is 2.49. The minimum Gasteiger partial charge on any atom is -0.369 e. The van der Waals surface area contributed by atoms with Crippen molar-refractivity contribution >= 4 is 16.8 Å². The van der Waals surface area contributed by atoms with E-state index >= 15 is 0 Å². The number of primary amides is 1. The van der Waals surface area contributed by atoms with Gasteiger partial charge in [0.1, 0.15) is 0 Å². The van der Waals surface area contributed by atoms with Crippen molar-refractivity contribution in [1.29, 1.82) is 0 Å². The van der Waals surface area contributed by atoms with Crippen LogP contribution >= 0.6 is 0 Å². The van der Waals surface area contributed by atoms with Gasteiger partial charge in [0.25, 0.3) is 5.56 Å². The fourth-order valence-electron chi connectivity index (χ4n) is 1.38. The summed E-state index contributed by atoms with van der Waals surface area (Å²) in [5.74, 6) is 4.96. The van der Waals surface area contributed by atoms with Crippen molar-refractivity contribution < 1.29 is 4.79 Å². The first-order chi connectivity index (χ1) is 8.16. The molecule has 0 atom stereocenters. The van der Waals surface area contributed by atoms with Gasteiger partial charge in [-0.3, -0.25) is 9.59 Å². The molecule has 0 aliphatic rings. The summed E-state index contributed by atoms with van der Waals surface area (Å²) in [7, 11) is 0. The van der Waals surface area contributed by atoms with Crippen LogP contribution < -0.4 is 11.3 Å². The second-order valence-corrected chi connectivity index (χ2v) is 3.41. The number of H-pyrrole nitrogens is 1. The van der Waals surface area contributed by atoms with E-state index in [1.165, 1.54) is 6.33 Å². The number of rotatable bonds is 1. The van der Waals surface area contributed by atoms with Crippen LogP contribution in [0.5, 0.6) is 0 Å². The van der Waals surface area contributed by atoms with Gasteiger partial charge in [0.05, 0.1) is 23.7 Å². The highest BCUT2D eigenvalue weighted by Gasteiger charge is 1.98. The number of nitrogens with zero attached hydrogens (tertiary/aromatic N) is 1. The van der Waals surface area contributed by atoms with Crippen LogP contribution in [0.3, 0.4) is 0 Å². The van der Waals surface area contributed by atoms with Crippen molar-refractivity contribution in [3.05, 3.63) is 40.4 Å². The van der Waals surface area contributed by atoms with Crippen LogP contribution in [0.15, 0.2) is 29.3 Å². The van der Waals surface area contributed by atoms with Gasteiger partial charge in [-0.15, -0.1) is 0 Å². The second kappa shape index (κ2) is 4.49. The Bertz CT molecular complexity index is 692. The van der Waals surface area contributed by atoms with E-state index in [2.05, 4.69) is 21.8 Å². The minimum atomic E-state index is -0.465. The molecule has 5 heteroatoms. The van der Waals surface area contributed by atoms with E-state index in [0.717, 1.165) is 0 Å². The average Bonchev–Trinajstić information content (AvgIpc) is 2.29. The molecule has 84 valence electrons. The van der Waals surface area contributed by atoms with Gasteiger partial charge >= 0.3 is 0 Å². The predicted molar refractivity (Wildman–Crippen MR) is 63.1 cm³/mol. The first-order valence-electron chi connectivity index (χ1n) is 4.91. The molecule has 0 saturated heterocycles. The van der Waals surface area contributed by atoms with Gasteiger partial charge in [-0.05, 0) is 18.2 Å². The topological polar surface area (TPSA) is 88.8 Å². The number of nitrogens with two attached hydrogens (primary N) is 1. The Morgan fingerprint density at radius 1 is 1.47 bits per heavy atom. The summed E-state index contributed by atoms with van der Waals surface area (Å²) in [6.07, 6.45) is 1.35. The Morgan fingerprint density at radius 3 is 3.06 bits per heavy atom. The molecule has 0 fully saturated rings. The van der Waals surface area contributed by atoms with Crippen LogP contribution in [0.25, 0.3) is 10.9 Å². The standard InChI is InChI=1S/C12H9N3O2/c13-11(16)3-1-2-8-4-5-9-10(6-8)14-7-15-12(9)17/h4-7H,3H2,(H2,13,16)(H,14,15,17). The van der Waals surface area contributed by atoms with Gasteiger partial charge in [0.2, 0.25) is 5.91 Å². The number of amides is 1. The summed E-state index contributed by atoms with van der Waals surface area (Å²) in [5.41, 5.74) is 6.04. The zero-order chi connectivity index (χ0) is 12.3. The number of nitrogens with one attached hydrogen (secondary N) is 1. The van der Waals surface area contributed by atoms with E-state index in [4.69, 9.17) is 5.73 Å². The van der Waals surface area contributed by atoms with Crippen LogP contribution in [0.2, 0.25) is 0 Å². The van der Waals surface area contributed by atoms with Gasteiger partial charge in [0, 0.05) is 5.56 Å². The maximum absolute atomic E-state index is 11.4. The van der Waals surface area contributed by atoms with Gasteiger partial charge < -0.3 is 10.7 Å². The molecular weight excluding hydrogens is 218 g/mol. The van der Waals surface area contributed by atoms with Crippen molar-refractivity contribution in [2.75, 3.05) is 0 Å². The minimum absolute atomic E-state index is 0.0147. The molecule has 0 spiro atoms. The van der Waals surface area contributed by atoms with E-state index in [-0.39, 0.29) is 12.0 Å². The Labute approximate surface area is 96.7 Å². The highest BCUT2D eigenvalue weighted by atomic mass is 16.1. The summed E-state index contributed by atoms with van der Waals surface area (Å²) < 4.78 is 0. The van der Waals surface area contributed by atoms with Crippen molar-refractivity contribution in [3.63, 3.8) is 0 Å². The fraction of sp³-hybridized carbons (Fsp3) is 0.0833. The average molecular weight is 227 g/mol. The summed E-state index contributed by atoms with van der Waals surface area (Å²) in [6, 6.07) is 5.04. The van der Waals surface area contributed by atoms with E-state index < -0.39 is 5.91 Å². The normalized spacial score (nSPS) is 9.65.